The number of nitrogens with one attached hydrogen (secondary N) is 1. The number of hydrogen-bond donors (Lipinski definition) is 2. The average molecular weight is 270 g/mol. The zero-order chi connectivity index (χ0) is 11.3. The van der Waals surface area contributed by atoms with Crippen LogP contribution in [-0.4, -0.2) is 12.0 Å². The molecular formula is C11H16BrN3. The van der Waals surface area contributed by atoms with E-state index in [1.165, 1.54) is 0 Å². The number of hydrogen-bond acceptors (Lipinski definition) is 1. The lowest BCUT2D eigenvalue weighted by Crippen LogP contribution is -2.36. The van der Waals surface area contributed by atoms with Gasteiger partial charge in [-0.05, 0) is 25.5 Å². The van der Waals surface area contributed by atoms with Crippen molar-refractivity contribution in [3.8, 4) is 0 Å². The Morgan fingerprint density at radius 3 is 2.73 bits per heavy atom. The van der Waals surface area contributed by atoms with E-state index in [2.05, 4.69) is 26.2 Å². The van der Waals surface area contributed by atoms with Gasteiger partial charge in [-0.15, -0.1) is 0 Å². The summed E-state index contributed by atoms with van der Waals surface area (Å²) in [5.74, 6) is 0.487. The van der Waals surface area contributed by atoms with Gasteiger partial charge >= 0.3 is 0 Å². The molecule has 0 unspecified atom stereocenters. The van der Waals surface area contributed by atoms with E-state index in [0.717, 1.165) is 10.0 Å². The van der Waals surface area contributed by atoms with E-state index in [1.54, 1.807) is 0 Å². The van der Waals surface area contributed by atoms with Gasteiger partial charge in [0.1, 0.15) is 0 Å². The predicted octanol–water partition coefficient (Wildman–Crippen LogP) is 2.26. The van der Waals surface area contributed by atoms with Gasteiger partial charge in [0, 0.05) is 10.5 Å². The average Bonchev–Trinajstić information content (AvgIpc) is 2.15. The Bertz CT molecular complexity index is 347. The molecule has 3 nitrogen and oxygen atoms in total. The minimum Gasteiger partial charge on any atom is -0.370 e. The molecule has 1 aromatic carbocycles. The molecule has 0 atom stereocenters. The first-order valence-electron chi connectivity index (χ1n) is 4.89. The highest BCUT2D eigenvalue weighted by Gasteiger charge is 1.98. The Morgan fingerprint density at radius 2 is 2.13 bits per heavy atom. The lowest BCUT2D eigenvalue weighted by molar-refractivity contribution is 0.723. The molecule has 0 amide bonds. The summed E-state index contributed by atoms with van der Waals surface area (Å²) in [5.41, 5.74) is 6.83. The molecule has 0 heterocycles. The highest BCUT2D eigenvalue weighted by atomic mass is 79.9. The summed E-state index contributed by atoms with van der Waals surface area (Å²) in [5, 5.41) is 3.04. The molecule has 15 heavy (non-hydrogen) atoms. The molecule has 0 aliphatic rings. The van der Waals surface area contributed by atoms with E-state index in [9.17, 15) is 0 Å². The zero-order valence-electron chi connectivity index (χ0n) is 9.00. The van der Waals surface area contributed by atoms with Crippen molar-refractivity contribution in [1.82, 2.24) is 5.32 Å². The van der Waals surface area contributed by atoms with Crippen molar-refractivity contribution in [1.29, 1.82) is 0 Å². The second kappa shape index (κ2) is 5.75. The van der Waals surface area contributed by atoms with Crippen LogP contribution in [0.4, 0.5) is 0 Å². The minimum absolute atomic E-state index is 0.313. The number of nitrogens with two attached hydrogens (primary N) is 1. The highest BCUT2D eigenvalue weighted by molar-refractivity contribution is 9.10. The molecule has 0 aromatic heterocycles. The van der Waals surface area contributed by atoms with Gasteiger partial charge in [-0.1, -0.05) is 34.1 Å². The van der Waals surface area contributed by atoms with Crippen LogP contribution in [0.5, 0.6) is 0 Å². The van der Waals surface area contributed by atoms with Gasteiger partial charge in [0.15, 0.2) is 5.96 Å². The van der Waals surface area contributed by atoms with Crippen molar-refractivity contribution in [3.63, 3.8) is 0 Å². The molecule has 0 aliphatic carbocycles. The van der Waals surface area contributed by atoms with Crippen molar-refractivity contribution in [2.75, 3.05) is 0 Å². The summed E-state index contributed by atoms with van der Waals surface area (Å²) < 4.78 is 1.06. The summed E-state index contributed by atoms with van der Waals surface area (Å²) in [6.45, 7) is 4.65. The maximum atomic E-state index is 5.70. The van der Waals surface area contributed by atoms with E-state index in [4.69, 9.17) is 5.73 Å². The summed E-state index contributed by atoms with van der Waals surface area (Å²) >= 11 is 3.47. The first kappa shape index (κ1) is 12.0. The fourth-order valence-corrected chi connectivity index (χ4v) is 1.55. The molecule has 0 saturated heterocycles. The quantitative estimate of drug-likeness (QED) is 0.654. The topological polar surface area (TPSA) is 50.4 Å². The second-order valence-corrected chi connectivity index (χ2v) is 4.45. The largest absolute Gasteiger partial charge is 0.370 e. The molecule has 82 valence electrons. The molecule has 0 bridgehead atoms. The van der Waals surface area contributed by atoms with Gasteiger partial charge in [-0.2, -0.15) is 0 Å². The predicted molar refractivity (Wildman–Crippen MR) is 67.7 cm³/mol. The van der Waals surface area contributed by atoms with Gasteiger partial charge in [0.05, 0.1) is 6.54 Å². The first-order valence-corrected chi connectivity index (χ1v) is 5.68. The lowest BCUT2D eigenvalue weighted by Gasteiger charge is -2.08. The van der Waals surface area contributed by atoms with Crippen LogP contribution in [0, 0.1) is 0 Å². The molecular weight excluding hydrogens is 254 g/mol. The Balaban J connectivity index is 2.60. The summed E-state index contributed by atoms with van der Waals surface area (Å²) in [7, 11) is 0. The van der Waals surface area contributed by atoms with Crippen LogP contribution in [0.1, 0.15) is 19.4 Å². The molecule has 3 N–H and O–H groups in total. The monoisotopic (exact) mass is 269 g/mol. The Morgan fingerprint density at radius 1 is 1.47 bits per heavy atom. The number of nitrogens with zero attached hydrogens (tertiary/aromatic N) is 1. The van der Waals surface area contributed by atoms with Gasteiger partial charge in [-0.25, -0.2) is 4.99 Å². The number of guanidine groups is 1. The van der Waals surface area contributed by atoms with E-state index in [0.29, 0.717) is 18.5 Å². The molecule has 0 spiro atoms. The fraction of sp³-hybridized carbons (Fsp3) is 0.364. The smallest absolute Gasteiger partial charge is 0.189 e. The maximum Gasteiger partial charge on any atom is 0.189 e. The lowest BCUT2D eigenvalue weighted by atomic mass is 10.2. The summed E-state index contributed by atoms with van der Waals surface area (Å²) in [4.78, 5) is 4.25. The number of halogens is 1. The standard InChI is InChI=1S/C11H16BrN3/c1-8(2)15-11(13)14-7-9-5-3-4-6-10(9)12/h3-6,8H,7H2,1-2H3,(H3,13,14,15). The number of rotatable bonds is 3. The zero-order valence-corrected chi connectivity index (χ0v) is 10.6. The molecule has 4 heteroatoms. The number of benzene rings is 1. The highest BCUT2D eigenvalue weighted by Crippen LogP contribution is 2.16. The van der Waals surface area contributed by atoms with E-state index in [1.807, 2.05) is 38.1 Å². The van der Waals surface area contributed by atoms with Crippen LogP contribution in [0.25, 0.3) is 0 Å². The van der Waals surface area contributed by atoms with Crippen LogP contribution in [-0.2, 0) is 6.54 Å². The normalized spacial score (nSPS) is 11.9. The van der Waals surface area contributed by atoms with E-state index in [-0.39, 0.29) is 0 Å². The van der Waals surface area contributed by atoms with E-state index >= 15 is 0 Å². The third-order valence-electron chi connectivity index (χ3n) is 1.81. The van der Waals surface area contributed by atoms with E-state index < -0.39 is 0 Å². The van der Waals surface area contributed by atoms with Gasteiger partial charge in [-0.3, -0.25) is 0 Å². The molecule has 0 saturated carbocycles. The van der Waals surface area contributed by atoms with Crippen molar-refractivity contribution >= 4 is 21.9 Å². The van der Waals surface area contributed by atoms with Gasteiger partial charge < -0.3 is 11.1 Å². The van der Waals surface area contributed by atoms with Crippen LogP contribution < -0.4 is 11.1 Å². The molecule has 0 aliphatic heterocycles. The molecule has 0 radical (unpaired) electrons. The van der Waals surface area contributed by atoms with Crippen LogP contribution in [0.15, 0.2) is 33.7 Å². The van der Waals surface area contributed by atoms with Crippen molar-refractivity contribution in [2.45, 2.75) is 26.4 Å². The van der Waals surface area contributed by atoms with Crippen molar-refractivity contribution < 1.29 is 0 Å². The first-order chi connectivity index (χ1) is 7.09. The van der Waals surface area contributed by atoms with Gasteiger partial charge in [0.2, 0.25) is 0 Å². The van der Waals surface area contributed by atoms with Crippen LogP contribution in [0.2, 0.25) is 0 Å². The summed E-state index contributed by atoms with van der Waals surface area (Å²) in [6, 6.07) is 8.30. The van der Waals surface area contributed by atoms with Crippen LogP contribution in [0.3, 0.4) is 0 Å². The van der Waals surface area contributed by atoms with Crippen molar-refractivity contribution in [3.05, 3.63) is 34.3 Å². The van der Waals surface area contributed by atoms with Crippen molar-refractivity contribution in [2.24, 2.45) is 10.7 Å². The molecule has 1 rings (SSSR count). The van der Waals surface area contributed by atoms with Crippen LogP contribution >= 0.6 is 15.9 Å². The summed E-state index contributed by atoms with van der Waals surface area (Å²) in [6.07, 6.45) is 0. The molecule has 0 fully saturated rings. The minimum atomic E-state index is 0.313. The SMILES string of the molecule is CC(C)NC(N)=NCc1ccccc1Br. The third kappa shape index (κ3) is 4.34. The van der Waals surface area contributed by atoms with Gasteiger partial charge in [0.25, 0.3) is 0 Å². The Labute approximate surface area is 98.9 Å². The fourth-order valence-electron chi connectivity index (χ4n) is 1.14. The number of aliphatic imine (C=N–C) groups is 1. The Kier molecular flexibility index (Phi) is 4.62. The Hall–Kier alpha value is -1.03. The maximum absolute atomic E-state index is 5.70. The third-order valence-corrected chi connectivity index (χ3v) is 2.59. The molecule has 1 aromatic rings. The second-order valence-electron chi connectivity index (χ2n) is 3.59.